The Balaban J connectivity index is 1.72. The van der Waals surface area contributed by atoms with Gasteiger partial charge in [-0.3, -0.25) is 0 Å². The summed E-state index contributed by atoms with van der Waals surface area (Å²) in [7, 11) is 0.0504. The zero-order valence-corrected chi connectivity index (χ0v) is 15.1. The quantitative estimate of drug-likeness (QED) is 0.725. The molecule has 0 bridgehead atoms. The molecular formula is C19H20N2O3S. The van der Waals surface area contributed by atoms with E-state index < -0.39 is 10.0 Å². The van der Waals surface area contributed by atoms with Crippen molar-refractivity contribution in [1.29, 1.82) is 0 Å². The normalized spacial score (nSPS) is 15.3. The van der Waals surface area contributed by atoms with E-state index in [0.29, 0.717) is 23.7 Å². The second-order valence-electron chi connectivity index (χ2n) is 6.27. The van der Waals surface area contributed by atoms with Crippen molar-refractivity contribution in [2.75, 3.05) is 13.7 Å². The number of aryl methyl sites for hydroxylation is 1. The molecule has 0 saturated heterocycles. The van der Waals surface area contributed by atoms with Gasteiger partial charge < -0.3 is 9.30 Å². The van der Waals surface area contributed by atoms with E-state index in [1.807, 2.05) is 19.2 Å². The van der Waals surface area contributed by atoms with Crippen molar-refractivity contribution in [2.24, 2.45) is 7.05 Å². The van der Waals surface area contributed by atoms with E-state index in [9.17, 15) is 8.42 Å². The van der Waals surface area contributed by atoms with Crippen LogP contribution in [-0.2, 0) is 30.0 Å². The van der Waals surface area contributed by atoms with Gasteiger partial charge in [0.2, 0.25) is 10.0 Å². The monoisotopic (exact) mass is 356 g/mol. The fourth-order valence-electron chi connectivity index (χ4n) is 3.59. The van der Waals surface area contributed by atoms with Crippen molar-refractivity contribution in [3.05, 3.63) is 59.8 Å². The lowest BCUT2D eigenvalue weighted by Crippen LogP contribution is -2.36. The maximum atomic E-state index is 13.0. The molecule has 4 rings (SSSR count). The molecule has 0 saturated carbocycles. The second kappa shape index (κ2) is 5.89. The van der Waals surface area contributed by atoms with Gasteiger partial charge in [0, 0.05) is 30.2 Å². The smallest absolute Gasteiger partial charge is 0.243 e. The molecule has 0 N–H and O–H groups in total. The number of ether oxygens (including phenoxy) is 1. The lowest BCUT2D eigenvalue weighted by atomic mass is 10.1. The van der Waals surface area contributed by atoms with Crippen LogP contribution < -0.4 is 4.74 Å². The average molecular weight is 356 g/mol. The molecule has 2 heterocycles. The highest BCUT2D eigenvalue weighted by atomic mass is 32.2. The molecule has 1 aliphatic rings. The maximum absolute atomic E-state index is 13.0. The van der Waals surface area contributed by atoms with Crippen molar-refractivity contribution in [3.63, 3.8) is 0 Å². The first-order valence-corrected chi connectivity index (χ1v) is 9.66. The molecule has 2 aromatic carbocycles. The van der Waals surface area contributed by atoms with Crippen LogP contribution in [0.4, 0.5) is 0 Å². The molecule has 130 valence electrons. The van der Waals surface area contributed by atoms with E-state index >= 15 is 0 Å². The topological polar surface area (TPSA) is 51.5 Å². The Hall–Kier alpha value is -2.31. The number of methoxy groups -OCH3 is 1. The summed E-state index contributed by atoms with van der Waals surface area (Å²) >= 11 is 0. The Morgan fingerprint density at radius 2 is 1.76 bits per heavy atom. The molecule has 6 heteroatoms. The predicted octanol–water partition coefficient (Wildman–Crippen LogP) is 2.93. The van der Waals surface area contributed by atoms with Crippen LogP contribution in [0.3, 0.4) is 0 Å². The highest BCUT2D eigenvalue weighted by Gasteiger charge is 2.31. The Labute approximate surface area is 147 Å². The molecule has 0 radical (unpaired) electrons. The van der Waals surface area contributed by atoms with Gasteiger partial charge in [0.15, 0.2) is 0 Å². The third-order valence-corrected chi connectivity index (χ3v) is 6.84. The van der Waals surface area contributed by atoms with E-state index in [2.05, 4.69) is 16.7 Å². The minimum atomic E-state index is -3.52. The highest BCUT2D eigenvalue weighted by molar-refractivity contribution is 7.89. The third kappa shape index (κ3) is 2.53. The fraction of sp³-hybridized carbons (Fsp3) is 0.263. The minimum absolute atomic E-state index is 0.301. The summed E-state index contributed by atoms with van der Waals surface area (Å²) in [5.74, 6) is 0.647. The van der Waals surface area contributed by atoms with Gasteiger partial charge in [-0.2, -0.15) is 4.31 Å². The van der Waals surface area contributed by atoms with Crippen molar-refractivity contribution >= 4 is 20.9 Å². The van der Waals surface area contributed by atoms with Gasteiger partial charge >= 0.3 is 0 Å². The first kappa shape index (κ1) is 16.2. The standard InChI is InChI=1S/C19H20N2O3S/c1-20-18-6-4-3-5-16(18)17-11-12-21(13-19(17)20)25(22,23)15-9-7-14(24-2)8-10-15/h3-10H,11-13H2,1-2H3. The van der Waals surface area contributed by atoms with E-state index in [1.165, 1.54) is 10.9 Å². The van der Waals surface area contributed by atoms with Crippen LogP contribution in [0.1, 0.15) is 11.3 Å². The number of hydrogen-bond acceptors (Lipinski definition) is 3. The van der Waals surface area contributed by atoms with Crippen LogP contribution in [0.5, 0.6) is 5.75 Å². The summed E-state index contributed by atoms with van der Waals surface area (Å²) < 4.78 is 34.8. The zero-order chi connectivity index (χ0) is 17.6. The fourth-order valence-corrected chi connectivity index (χ4v) is 4.99. The van der Waals surface area contributed by atoms with Crippen LogP contribution in [-0.4, -0.2) is 30.9 Å². The number of hydrogen-bond donors (Lipinski definition) is 0. The van der Waals surface area contributed by atoms with Gasteiger partial charge in [-0.15, -0.1) is 0 Å². The molecule has 1 aromatic heterocycles. The van der Waals surface area contributed by atoms with Crippen LogP contribution >= 0.6 is 0 Å². The number of fused-ring (bicyclic) bond motifs is 3. The summed E-state index contributed by atoms with van der Waals surface area (Å²) in [4.78, 5) is 0.301. The van der Waals surface area contributed by atoms with Gasteiger partial charge in [0.05, 0.1) is 18.6 Å². The minimum Gasteiger partial charge on any atom is -0.497 e. The molecule has 0 amide bonds. The third-order valence-electron chi connectivity index (χ3n) is 4.98. The molecular weight excluding hydrogens is 336 g/mol. The average Bonchev–Trinajstić information content (AvgIpc) is 2.94. The summed E-state index contributed by atoms with van der Waals surface area (Å²) in [6.07, 6.45) is 0.728. The van der Waals surface area contributed by atoms with Crippen LogP contribution in [0.15, 0.2) is 53.4 Å². The summed E-state index contributed by atoms with van der Waals surface area (Å²) in [6, 6.07) is 14.8. The van der Waals surface area contributed by atoms with Gasteiger partial charge in [0.25, 0.3) is 0 Å². The summed E-state index contributed by atoms with van der Waals surface area (Å²) in [5, 5.41) is 1.22. The molecule has 3 aromatic rings. The molecule has 1 aliphatic heterocycles. The van der Waals surface area contributed by atoms with Crippen LogP contribution in [0, 0.1) is 0 Å². The first-order valence-electron chi connectivity index (χ1n) is 8.22. The number of rotatable bonds is 3. The van der Waals surface area contributed by atoms with Gasteiger partial charge in [-0.05, 0) is 42.3 Å². The second-order valence-corrected chi connectivity index (χ2v) is 8.20. The molecule has 0 fully saturated rings. The van der Waals surface area contributed by atoms with Gasteiger partial charge in [-0.25, -0.2) is 8.42 Å². The summed E-state index contributed by atoms with van der Waals surface area (Å²) in [5.41, 5.74) is 3.49. The number of sulfonamides is 1. The number of aromatic nitrogens is 1. The lowest BCUT2D eigenvalue weighted by molar-refractivity contribution is 0.382. The Morgan fingerprint density at radius 1 is 1.04 bits per heavy atom. The Morgan fingerprint density at radius 3 is 2.48 bits per heavy atom. The van der Waals surface area contributed by atoms with E-state index in [-0.39, 0.29) is 0 Å². The molecule has 0 unspecified atom stereocenters. The number of nitrogens with zero attached hydrogens (tertiary/aromatic N) is 2. The molecule has 0 atom stereocenters. The molecule has 25 heavy (non-hydrogen) atoms. The molecule has 5 nitrogen and oxygen atoms in total. The number of benzene rings is 2. The van der Waals surface area contributed by atoms with E-state index in [4.69, 9.17) is 4.74 Å². The highest BCUT2D eigenvalue weighted by Crippen LogP contribution is 2.32. The van der Waals surface area contributed by atoms with Crippen LogP contribution in [0.2, 0.25) is 0 Å². The van der Waals surface area contributed by atoms with Crippen molar-refractivity contribution in [1.82, 2.24) is 8.87 Å². The van der Waals surface area contributed by atoms with Crippen molar-refractivity contribution in [3.8, 4) is 5.75 Å². The maximum Gasteiger partial charge on any atom is 0.243 e. The van der Waals surface area contributed by atoms with Crippen LogP contribution in [0.25, 0.3) is 10.9 Å². The largest absolute Gasteiger partial charge is 0.497 e. The SMILES string of the molecule is COc1ccc(S(=O)(=O)N2CCc3c(n(C)c4ccccc34)C2)cc1. The molecule has 0 spiro atoms. The van der Waals surface area contributed by atoms with Crippen molar-refractivity contribution < 1.29 is 13.2 Å². The molecule has 0 aliphatic carbocycles. The number of para-hydroxylation sites is 1. The van der Waals surface area contributed by atoms with Gasteiger partial charge in [-0.1, -0.05) is 18.2 Å². The zero-order valence-electron chi connectivity index (χ0n) is 14.3. The first-order chi connectivity index (χ1) is 12.0. The lowest BCUT2D eigenvalue weighted by Gasteiger charge is -2.27. The summed E-state index contributed by atoms with van der Waals surface area (Å²) in [6.45, 7) is 0.893. The van der Waals surface area contributed by atoms with E-state index in [1.54, 1.807) is 35.7 Å². The predicted molar refractivity (Wildman–Crippen MR) is 97.2 cm³/mol. The van der Waals surface area contributed by atoms with Crippen molar-refractivity contribution in [2.45, 2.75) is 17.9 Å². The Kier molecular flexibility index (Phi) is 3.81. The van der Waals surface area contributed by atoms with Gasteiger partial charge in [0.1, 0.15) is 5.75 Å². The van der Waals surface area contributed by atoms with E-state index in [0.717, 1.165) is 17.6 Å². The Bertz CT molecular complexity index is 1040.